The second-order valence-electron chi connectivity index (χ2n) is 4.97. The highest BCUT2D eigenvalue weighted by Gasteiger charge is 2.16. The minimum atomic E-state index is -0.0488. The van der Waals surface area contributed by atoms with Gasteiger partial charge in [-0.15, -0.1) is 0 Å². The maximum Gasteiger partial charge on any atom is 0.254 e. The van der Waals surface area contributed by atoms with Crippen LogP contribution in [0.1, 0.15) is 21.5 Å². The molecule has 0 fully saturated rings. The first-order valence-corrected chi connectivity index (χ1v) is 7.61. The predicted molar refractivity (Wildman–Crippen MR) is 90.5 cm³/mol. The average Bonchev–Trinajstić information content (AvgIpc) is 2.44. The van der Waals surface area contributed by atoms with Crippen molar-refractivity contribution in [1.29, 1.82) is 0 Å². The van der Waals surface area contributed by atoms with Crippen LogP contribution in [-0.4, -0.2) is 17.9 Å². The van der Waals surface area contributed by atoms with Gasteiger partial charge in [0.15, 0.2) is 0 Å². The fraction of sp³-hybridized carbons (Fsp3) is 0.188. The average molecular weight is 368 g/mol. The van der Waals surface area contributed by atoms with E-state index in [-0.39, 0.29) is 5.91 Å². The Kier molecular flexibility index (Phi) is 4.91. The zero-order valence-electron chi connectivity index (χ0n) is 11.9. The fourth-order valence-corrected chi connectivity index (χ4v) is 2.61. The molecule has 0 unspecified atom stereocenters. The highest BCUT2D eigenvalue weighted by Crippen LogP contribution is 2.22. The monoisotopic (exact) mass is 366 g/mol. The Balaban J connectivity index is 2.23. The van der Waals surface area contributed by atoms with E-state index in [1.54, 1.807) is 30.1 Å². The Morgan fingerprint density at radius 2 is 2.00 bits per heavy atom. The van der Waals surface area contributed by atoms with E-state index >= 15 is 0 Å². The van der Waals surface area contributed by atoms with E-state index in [1.807, 2.05) is 25.1 Å². The van der Waals surface area contributed by atoms with Crippen molar-refractivity contribution in [2.45, 2.75) is 13.5 Å². The number of aryl methyl sites for hydroxylation is 1. The molecular formula is C16H16BrClN2O. The van der Waals surface area contributed by atoms with E-state index in [9.17, 15) is 4.79 Å². The van der Waals surface area contributed by atoms with Crippen LogP contribution in [0.5, 0.6) is 0 Å². The molecule has 0 spiro atoms. The van der Waals surface area contributed by atoms with Crippen molar-refractivity contribution in [2.75, 3.05) is 12.8 Å². The van der Waals surface area contributed by atoms with E-state index in [2.05, 4.69) is 15.9 Å². The lowest BCUT2D eigenvalue weighted by atomic mass is 10.1. The highest BCUT2D eigenvalue weighted by atomic mass is 79.9. The van der Waals surface area contributed by atoms with Crippen molar-refractivity contribution in [3.8, 4) is 0 Å². The van der Waals surface area contributed by atoms with Crippen LogP contribution in [0.15, 0.2) is 40.9 Å². The summed E-state index contributed by atoms with van der Waals surface area (Å²) < 4.78 is 0.881. The first kappa shape index (κ1) is 15.9. The quantitative estimate of drug-likeness (QED) is 0.824. The molecular weight excluding hydrogens is 352 g/mol. The topological polar surface area (TPSA) is 46.3 Å². The molecule has 0 heterocycles. The summed E-state index contributed by atoms with van der Waals surface area (Å²) in [6.07, 6.45) is 0. The molecule has 2 aromatic carbocycles. The van der Waals surface area contributed by atoms with Crippen molar-refractivity contribution >= 4 is 39.1 Å². The summed E-state index contributed by atoms with van der Waals surface area (Å²) in [5.41, 5.74) is 8.84. The molecule has 2 N–H and O–H groups in total. The normalized spacial score (nSPS) is 10.5. The van der Waals surface area contributed by atoms with Crippen LogP contribution in [0.3, 0.4) is 0 Å². The second kappa shape index (κ2) is 6.50. The number of hydrogen-bond donors (Lipinski definition) is 1. The largest absolute Gasteiger partial charge is 0.399 e. The van der Waals surface area contributed by atoms with Crippen LogP contribution in [0.25, 0.3) is 0 Å². The first-order valence-electron chi connectivity index (χ1n) is 6.44. The van der Waals surface area contributed by atoms with Crippen LogP contribution >= 0.6 is 27.5 Å². The Morgan fingerprint density at radius 1 is 1.29 bits per heavy atom. The van der Waals surface area contributed by atoms with Gasteiger partial charge in [0.05, 0.1) is 0 Å². The maximum absolute atomic E-state index is 12.5. The van der Waals surface area contributed by atoms with Crippen LogP contribution in [0.4, 0.5) is 5.69 Å². The summed E-state index contributed by atoms with van der Waals surface area (Å²) in [5.74, 6) is -0.0488. The number of nitrogens with zero attached hydrogens (tertiary/aromatic N) is 1. The standard InChI is InChI=1S/C16H16BrClN2O/c1-10-3-4-12(17)8-14(10)16(21)20(2)9-11-7-13(19)5-6-15(11)18/h3-8H,9,19H2,1-2H3. The van der Waals surface area contributed by atoms with Crippen molar-refractivity contribution < 1.29 is 4.79 Å². The fourth-order valence-electron chi connectivity index (χ4n) is 2.07. The molecule has 110 valence electrons. The molecule has 2 rings (SSSR count). The lowest BCUT2D eigenvalue weighted by Gasteiger charge is -2.19. The zero-order valence-corrected chi connectivity index (χ0v) is 14.2. The summed E-state index contributed by atoms with van der Waals surface area (Å²) >= 11 is 9.54. The van der Waals surface area contributed by atoms with Crippen molar-refractivity contribution in [2.24, 2.45) is 0 Å². The highest BCUT2D eigenvalue weighted by molar-refractivity contribution is 9.10. The molecule has 0 aliphatic heterocycles. The number of benzene rings is 2. The van der Waals surface area contributed by atoms with Gasteiger partial charge in [-0.3, -0.25) is 4.79 Å². The molecule has 1 amide bonds. The number of carbonyl (C=O) groups excluding carboxylic acids is 1. The number of hydrogen-bond acceptors (Lipinski definition) is 2. The summed E-state index contributed by atoms with van der Waals surface area (Å²) in [6, 6.07) is 10.9. The number of rotatable bonds is 3. The van der Waals surface area contributed by atoms with E-state index in [0.29, 0.717) is 22.8 Å². The van der Waals surface area contributed by atoms with Gasteiger partial charge < -0.3 is 10.6 Å². The first-order chi connectivity index (χ1) is 9.88. The minimum Gasteiger partial charge on any atom is -0.399 e. The van der Waals surface area contributed by atoms with Crippen LogP contribution in [0.2, 0.25) is 5.02 Å². The number of nitrogens with two attached hydrogens (primary N) is 1. The molecule has 0 radical (unpaired) electrons. The molecule has 0 saturated carbocycles. The predicted octanol–water partition coefficient (Wildman–Crippen LogP) is 4.27. The van der Waals surface area contributed by atoms with E-state index in [0.717, 1.165) is 15.6 Å². The van der Waals surface area contributed by atoms with E-state index < -0.39 is 0 Å². The van der Waals surface area contributed by atoms with Crippen LogP contribution in [-0.2, 0) is 6.54 Å². The van der Waals surface area contributed by atoms with Gasteiger partial charge in [-0.1, -0.05) is 33.6 Å². The van der Waals surface area contributed by atoms with Gasteiger partial charge in [0.1, 0.15) is 0 Å². The molecule has 21 heavy (non-hydrogen) atoms. The lowest BCUT2D eigenvalue weighted by molar-refractivity contribution is 0.0784. The third kappa shape index (κ3) is 3.77. The molecule has 0 bridgehead atoms. The Hall–Kier alpha value is -1.52. The molecule has 5 heteroatoms. The molecule has 0 saturated heterocycles. The third-order valence-electron chi connectivity index (χ3n) is 3.25. The number of carbonyl (C=O) groups is 1. The van der Waals surface area contributed by atoms with Crippen LogP contribution in [0, 0.1) is 6.92 Å². The molecule has 0 aliphatic rings. The zero-order chi connectivity index (χ0) is 15.6. The van der Waals surface area contributed by atoms with Crippen LogP contribution < -0.4 is 5.73 Å². The second-order valence-corrected chi connectivity index (χ2v) is 6.29. The summed E-state index contributed by atoms with van der Waals surface area (Å²) in [6.45, 7) is 2.33. The summed E-state index contributed by atoms with van der Waals surface area (Å²) in [7, 11) is 1.75. The van der Waals surface area contributed by atoms with E-state index in [4.69, 9.17) is 17.3 Å². The number of anilines is 1. The minimum absolute atomic E-state index is 0.0488. The van der Waals surface area contributed by atoms with Gasteiger partial charge in [0.25, 0.3) is 5.91 Å². The summed E-state index contributed by atoms with van der Waals surface area (Å²) in [5, 5.41) is 0.606. The maximum atomic E-state index is 12.5. The van der Waals surface area contributed by atoms with Crippen molar-refractivity contribution in [3.63, 3.8) is 0 Å². The van der Waals surface area contributed by atoms with Crippen molar-refractivity contribution in [3.05, 3.63) is 62.6 Å². The lowest BCUT2D eigenvalue weighted by Crippen LogP contribution is -2.27. The molecule has 0 aliphatic carbocycles. The summed E-state index contributed by atoms with van der Waals surface area (Å²) in [4.78, 5) is 14.2. The third-order valence-corrected chi connectivity index (χ3v) is 4.12. The Morgan fingerprint density at radius 3 is 2.71 bits per heavy atom. The number of amides is 1. The van der Waals surface area contributed by atoms with Gasteiger partial charge >= 0.3 is 0 Å². The number of halogens is 2. The molecule has 0 aromatic heterocycles. The Bertz CT molecular complexity index is 688. The van der Waals surface area contributed by atoms with Gasteiger partial charge in [0, 0.05) is 34.3 Å². The van der Waals surface area contributed by atoms with Gasteiger partial charge in [-0.25, -0.2) is 0 Å². The van der Waals surface area contributed by atoms with Crippen molar-refractivity contribution in [1.82, 2.24) is 4.90 Å². The van der Waals surface area contributed by atoms with Gasteiger partial charge in [-0.05, 0) is 48.4 Å². The van der Waals surface area contributed by atoms with E-state index in [1.165, 1.54) is 0 Å². The van der Waals surface area contributed by atoms with Gasteiger partial charge in [-0.2, -0.15) is 0 Å². The molecule has 2 aromatic rings. The Labute approximate surface area is 137 Å². The SMILES string of the molecule is Cc1ccc(Br)cc1C(=O)N(C)Cc1cc(N)ccc1Cl. The molecule has 0 atom stereocenters. The molecule has 3 nitrogen and oxygen atoms in total. The van der Waals surface area contributed by atoms with Gasteiger partial charge in [0.2, 0.25) is 0 Å². The smallest absolute Gasteiger partial charge is 0.254 e. The number of nitrogen functional groups attached to an aromatic ring is 1.